The maximum atomic E-state index is 13.6. The van der Waals surface area contributed by atoms with Crippen LogP contribution in [0.2, 0.25) is 0 Å². The highest BCUT2D eigenvalue weighted by atomic mass is 19.1. The second-order valence-corrected chi connectivity index (χ2v) is 4.16. The normalized spacial score (nSPS) is 10.6. The smallest absolute Gasteiger partial charge is 0.306 e. The van der Waals surface area contributed by atoms with Crippen molar-refractivity contribution in [1.29, 1.82) is 0 Å². The summed E-state index contributed by atoms with van der Waals surface area (Å²) < 4.78 is 23.0. The van der Waals surface area contributed by atoms with Gasteiger partial charge in [-0.25, -0.2) is 4.39 Å². The lowest BCUT2D eigenvalue weighted by Crippen LogP contribution is -2.26. The largest absolute Gasteiger partial charge is 0.494 e. The number of carbonyl (C=O) groups excluding carboxylic acids is 1. The molecule has 0 atom stereocenters. The Hall–Kier alpha value is -1.62. The summed E-state index contributed by atoms with van der Waals surface area (Å²) in [6, 6.07) is 4.89. The topological polar surface area (TPSA) is 38.8 Å². The Morgan fingerprint density at radius 3 is 2.63 bits per heavy atom. The summed E-state index contributed by atoms with van der Waals surface area (Å²) in [6.07, 6.45) is 0.336. The van der Waals surface area contributed by atoms with Crippen molar-refractivity contribution in [2.75, 3.05) is 27.3 Å². The molecule has 0 fully saturated rings. The van der Waals surface area contributed by atoms with Crippen LogP contribution < -0.4 is 4.74 Å². The van der Waals surface area contributed by atoms with Crippen LogP contribution in [0.1, 0.15) is 18.9 Å². The zero-order chi connectivity index (χ0) is 14.3. The fourth-order valence-corrected chi connectivity index (χ4v) is 1.77. The Labute approximate surface area is 113 Å². The fourth-order valence-electron chi connectivity index (χ4n) is 1.77. The lowest BCUT2D eigenvalue weighted by atomic mass is 10.2. The summed E-state index contributed by atoms with van der Waals surface area (Å²) in [5, 5.41) is 0. The summed E-state index contributed by atoms with van der Waals surface area (Å²) in [6.45, 7) is 3.97. The molecule has 5 heteroatoms. The average Bonchev–Trinajstić information content (AvgIpc) is 2.43. The molecule has 4 nitrogen and oxygen atoms in total. The first-order chi connectivity index (χ1) is 9.10. The van der Waals surface area contributed by atoms with E-state index < -0.39 is 0 Å². The maximum Gasteiger partial charge on any atom is 0.306 e. The van der Waals surface area contributed by atoms with Crippen molar-refractivity contribution >= 4 is 5.97 Å². The van der Waals surface area contributed by atoms with E-state index in [-0.39, 0.29) is 17.5 Å². The number of nitrogens with zero attached hydrogens (tertiary/aromatic N) is 1. The molecule has 0 heterocycles. The van der Waals surface area contributed by atoms with Crippen molar-refractivity contribution in [2.24, 2.45) is 0 Å². The van der Waals surface area contributed by atoms with Gasteiger partial charge in [0, 0.05) is 13.1 Å². The molecule has 0 saturated carbocycles. The zero-order valence-electron chi connectivity index (χ0n) is 11.6. The Morgan fingerprint density at radius 2 is 2.11 bits per heavy atom. The van der Waals surface area contributed by atoms with Crippen LogP contribution in [0.4, 0.5) is 4.39 Å². The lowest BCUT2D eigenvalue weighted by Gasteiger charge is -2.20. The summed E-state index contributed by atoms with van der Waals surface area (Å²) in [4.78, 5) is 13.2. The van der Waals surface area contributed by atoms with E-state index in [4.69, 9.17) is 4.74 Å². The van der Waals surface area contributed by atoms with Crippen LogP contribution in [0.5, 0.6) is 5.75 Å². The number of benzene rings is 1. The first kappa shape index (κ1) is 15.4. The van der Waals surface area contributed by atoms with Gasteiger partial charge in [0.2, 0.25) is 0 Å². The predicted octanol–water partition coefficient (Wildman–Crippen LogP) is 2.22. The van der Waals surface area contributed by atoms with Crippen molar-refractivity contribution < 1.29 is 18.7 Å². The summed E-state index contributed by atoms with van der Waals surface area (Å²) >= 11 is 0. The molecule has 1 aromatic rings. The van der Waals surface area contributed by atoms with E-state index in [9.17, 15) is 9.18 Å². The van der Waals surface area contributed by atoms with Crippen molar-refractivity contribution in [3.63, 3.8) is 0 Å². The van der Waals surface area contributed by atoms with Gasteiger partial charge in [0.1, 0.15) is 0 Å². The monoisotopic (exact) mass is 269 g/mol. The Kier molecular flexibility index (Phi) is 6.29. The predicted molar refractivity (Wildman–Crippen MR) is 70.5 cm³/mol. The van der Waals surface area contributed by atoms with E-state index in [1.165, 1.54) is 20.3 Å². The molecule has 1 rings (SSSR count). The number of hydrogen-bond acceptors (Lipinski definition) is 4. The van der Waals surface area contributed by atoms with Gasteiger partial charge < -0.3 is 9.47 Å². The number of carbonyl (C=O) groups is 1. The van der Waals surface area contributed by atoms with E-state index in [0.29, 0.717) is 19.5 Å². The third kappa shape index (κ3) is 4.87. The summed E-state index contributed by atoms with van der Waals surface area (Å²) in [7, 11) is 2.81. The van der Waals surface area contributed by atoms with E-state index in [1.54, 1.807) is 6.07 Å². The Morgan fingerprint density at radius 1 is 1.37 bits per heavy atom. The summed E-state index contributed by atoms with van der Waals surface area (Å²) in [5.41, 5.74) is 0.852. The van der Waals surface area contributed by atoms with E-state index in [2.05, 4.69) is 9.64 Å². The van der Waals surface area contributed by atoms with Crippen molar-refractivity contribution in [3.8, 4) is 5.75 Å². The van der Waals surface area contributed by atoms with Crippen molar-refractivity contribution in [3.05, 3.63) is 29.6 Å². The van der Waals surface area contributed by atoms with E-state index in [1.807, 2.05) is 13.0 Å². The zero-order valence-corrected chi connectivity index (χ0v) is 11.6. The first-order valence-corrected chi connectivity index (χ1v) is 6.22. The number of esters is 1. The first-order valence-electron chi connectivity index (χ1n) is 6.22. The van der Waals surface area contributed by atoms with Crippen LogP contribution in [0, 0.1) is 5.82 Å². The molecular weight excluding hydrogens is 249 g/mol. The van der Waals surface area contributed by atoms with Gasteiger partial charge in [0.25, 0.3) is 0 Å². The molecule has 0 saturated heterocycles. The third-order valence-corrected chi connectivity index (χ3v) is 2.93. The average molecular weight is 269 g/mol. The number of halogens is 1. The van der Waals surface area contributed by atoms with Gasteiger partial charge in [0.05, 0.1) is 20.6 Å². The second-order valence-electron chi connectivity index (χ2n) is 4.16. The third-order valence-electron chi connectivity index (χ3n) is 2.93. The minimum atomic E-state index is -0.371. The lowest BCUT2D eigenvalue weighted by molar-refractivity contribution is -0.141. The molecular formula is C14H20FNO3. The number of ether oxygens (including phenoxy) is 2. The van der Waals surface area contributed by atoms with Crippen LogP contribution in [-0.2, 0) is 16.1 Å². The molecule has 0 aliphatic carbocycles. The SMILES string of the molecule is CCN(CCC(=O)OC)Cc1ccc(OC)c(F)c1. The van der Waals surface area contributed by atoms with E-state index in [0.717, 1.165) is 12.1 Å². The quantitative estimate of drug-likeness (QED) is 0.711. The van der Waals surface area contributed by atoms with E-state index >= 15 is 0 Å². The molecule has 0 radical (unpaired) electrons. The molecule has 0 aliphatic heterocycles. The Balaban J connectivity index is 2.60. The molecule has 19 heavy (non-hydrogen) atoms. The van der Waals surface area contributed by atoms with Crippen molar-refractivity contribution in [2.45, 2.75) is 19.9 Å². The van der Waals surface area contributed by atoms with Crippen LogP contribution in [0.3, 0.4) is 0 Å². The number of rotatable bonds is 7. The molecule has 1 aromatic carbocycles. The highest BCUT2D eigenvalue weighted by molar-refractivity contribution is 5.69. The molecule has 106 valence electrons. The number of hydrogen-bond donors (Lipinski definition) is 0. The Bertz CT molecular complexity index is 423. The molecule has 0 unspecified atom stereocenters. The van der Waals surface area contributed by atoms with Gasteiger partial charge in [0.15, 0.2) is 11.6 Å². The fraction of sp³-hybridized carbons (Fsp3) is 0.500. The molecule has 0 aromatic heterocycles. The van der Waals surface area contributed by atoms with Gasteiger partial charge in [-0.15, -0.1) is 0 Å². The minimum Gasteiger partial charge on any atom is -0.494 e. The van der Waals surface area contributed by atoms with Crippen LogP contribution >= 0.6 is 0 Å². The molecule has 0 aliphatic rings. The van der Waals surface area contributed by atoms with Crippen molar-refractivity contribution in [1.82, 2.24) is 4.90 Å². The van der Waals surface area contributed by atoms with Gasteiger partial charge in [-0.2, -0.15) is 0 Å². The highest BCUT2D eigenvalue weighted by Crippen LogP contribution is 2.18. The standard InChI is InChI=1S/C14H20FNO3/c1-4-16(8-7-14(17)19-3)10-11-5-6-13(18-2)12(15)9-11/h5-6,9H,4,7-8,10H2,1-3H3. The van der Waals surface area contributed by atoms with Crippen LogP contribution in [0.25, 0.3) is 0 Å². The van der Waals surface area contributed by atoms with Gasteiger partial charge >= 0.3 is 5.97 Å². The van der Waals surface area contributed by atoms with Gasteiger partial charge in [-0.3, -0.25) is 9.69 Å². The molecule has 0 spiro atoms. The van der Waals surface area contributed by atoms with Crippen LogP contribution in [0.15, 0.2) is 18.2 Å². The highest BCUT2D eigenvalue weighted by Gasteiger charge is 2.09. The molecule has 0 amide bonds. The molecule has 0 N–H and O–H groups in total. The molecule has 0 bridgehead atoms. The minimum absolute atomic E-state index is 0.237. The second kappa shape index (κ2) is 7.74. The maximum absolute atomic E-state index is 13.6. The van der Waals surface area contributed by atoms with Gasteiger partial charge in [-0.05, 0) is 24.2 Å². The van der Waals surface area contributed by atoms with Gasteiger partial charge in [-0.1, -0.05) is 13.0 Å². The number of methoxy groups -OCH3 is 2. The van der Waals surface area contributed by atoms with Crippen LogP contribution in [-0.4, -0.2) is 38.2 Å². The summed E-state index contributed by atoms with van der Waals surface area (Å²) in [5.74, 6) is -0.371.